The maximum Gasteiger partial charge on any atom is 0.291 e. The van der Waals surface area contributed by atoms with E-state index in [2.05, 4.69) is 0 Å². The Morgan fingerprint density at radius 3 is 2.47 bits per heavy atom. The van der Waals surface area contributed by atoms with Gasteiger partial charge in [0.15, 0.2) is 11.0 Å². The quantitative estimate of drug-likeness (QED) is 0.428. The van der Waals surface area contributed by atoms with Gasteiger partial charge >= 0.3 is 0 Å². The standard InChI is InChI=1S/C27H19ClN2O4/c1-15-7-9-16(10-8-15)14-30-25(32)24-22(23(31)18-13-17(28)11-12-21(18)34-24)27(30)19-5-3-4-6-20(19)29(2)26(27)33/h3-13H,14H2,1-2H3. The first-order valence-corrected chi connectivity index (χ1v) is 11.2. The number of hydrogen-bond acceptors (Lipinski definition) is 4. The molecule has 34 heavy (non-hydrogen) atoms. The Morgan fingerprint density at radius 1 is 0.971 bits per heavy atom. The highest BCUT2D eigenvalue weighted by Gasteiger charge is 2.64. The first-order chi connectivity index (χ1) is 16.3. The first-order valence-electron chi connectivity index (χ1n) is 10.9. The van der Waals surface area contributed by atoms with E-state index >= 15 is 0 Å². The molecule has 1 unspecified atom stereocenters. The highest BCUT2D eigenvalue weighted by molar-refractivity contribution is 6.31. The van der Waals surface area contributed by atoms with Crippen LogP contribution in [0.15, 0.2) is 75.9 Å². The van der Waals surface area contributed by atoms with E-state index in [-0.39, 0.29) is 34.7 Å². The summed E-state index contributed by atoms with van der Waals surface area (Å²) in [6.45, 7) is 2.11. The molecule has 0 saturated heterocycles. The molecule has 6 rings (SSSR count). The van der Waals surface area contributed by atoms with Gasteiger partial charge in [0.05, 0.1) is 10.9 Å². The van der Waals surface area contributed by atoms with Gasteiger partial charge in [0.2, 0.25) is 5.76 Å². The number of amides is 2. The zero-order valence-corrected chi connectivity index (χ0v) is 19.2. The number of fused-ring (bicyclic) bond motifs is 5. The van der Waals surface area contributed by atoms with Gasteiger partial charge < -0.3 is 14.2 Å². The normalized spacial score (nSPS) is 18.8. The number of carbonyl (C=O) groups is 2. The number of aryl methyl sites for hydroxylation is 1. The zero-order valence-electron chi connectivity index (χ0n) is 18.5. The number of likely N-dealkylation sites (N-methyl/N-ethyl adjacent to an activating group) is 1. The van der Waals surface area contributed by atoms with Crippen molar-refractivity contribution in [3.05, 3.63) is 110 Å². The van der Waals surface area contributed by atoms with E-state index in [1.807, 2.05) is 43.3 Å². The summed E-state index contributed by atoms with van der Waals surface area (Å²) in [4.78, 5) is 44.8. The molecule has 3 aromatic carbocycles. The Labute approximate surface area is 200 Å². The molecule has 0 radical (unpaired) electrons. The molecular formula is C27H19ClN2O4. The van der Waals surface area contributed by atoms with Crippen molar-refractivity contribution in [2.45, 2.75) is 19.0 Å². The van der Waals surface area contributed by atoms with E-state index in [4.69, 9.17) is 16.0 Å². The number of anilines is 1. The molecule has 6 nitrogen and oxygen atoms in total. The number of benzene rings is 3. The second-order valence-electron chi connectivity index (χ2n) is 8.74. The van der Waals surface area contributed by atoms with Crippen LogP contribution in [-0.2, 0) is 16.9 Å². The predicted molar refractivity (Wildman–Crippen MR) is 129 cm³/mol. The van der Waals surface area contributed by atoms with Crippen molar-refractivity contribution in [1.82, 2.24) is 4.90 Å². The Morgan fingerprint density at radius 2 is 1.71 bits per heavy atom. The van der Waals surface area contributed by atoms with Crippen LogP contribution in [-0.4, -0.2) is 23.8 Å². The maximum atomic E-state index is 14.0. The maximum absolute atomic E-state index is 14.0. The SMILES string of the molecule is Cc1ccc(CN2C(=O)c3oc4ccc(Cl)cc4c(=O)c3C23C(=O)N(C)c2ccccc23)cc1. The smallest absolute Gasteiger partial charge is 0.291 e. The van der Waals surface area contributed by atoms with Gasteiger partial charge in [-0.2, -0.15) is 0 Å². The average molecular weight is 471 g/mol. The summed E-state index contributed by atoms with van der Waals surface area (Å²) in [5.41, 5.74) is 1.38. The Bertz CT molecular complexity index is 1590. The second kappa shape index (κ2) is 7.05. The van der Waals surface area contributed by atoms with E-state index in [1.54, 1.807) is 31.3 Å². The lowest BCUT2D eigenvalue weighted by Gasteiger charge is -2.34. The number of halogens is 1. The fraction of sp³-hybridized carbons (Fsp3) is 0.148. The molecule has 0 saturated carbocycles. The van der Waals surface area contributed by atoms with Crippen LogP contribution in [0.4, 0.5) is 5.69 Å². The van der Waals surface area contributed by atoms with Crippen molar-refractivity contribution in [3.8, 4) is 0 Å². The van der Waals surface area contributed by atoms with E-state index < -0.39 is 16.9 Å². The number of hydrogen-bond donors (Lipinski definition) is 0. The Balaban J connectivity index is 1.70. The van der Waals surface area contributed by atoms with Crippen LogP contribution in [0.3, 0.4) is 0 Å². The van der Waals surface area contributed by atoms with Crippen molar-refractivity contribution in [2.75, 3.05) is 11.9 Å². The minimum atomic E-state index is -1.63. The highest BCUT2D eigenvalue weighted by atomic mass is 35.5. The molecule has 1 spiro atoms. The van der Waals surface area contributed by atoms with Gasteiger partial charge in [-0.25, -0.2) is 0 Å². The molecule has 0 aliphatic carbocycles. The van der Waals surface area contributed by atoms with Crippen molar-refractivity contribution < 1.29 is 14.0 Å². The van der Waals surface area contributed by atoms with Crippen LogP contribution in [0.25, 0.3) is 11.0 Å². The summed E-state index contributed by atoms with van der Waals surface area (Å²) in [6, 6.07) is 19.7. The van der Waals surface area contributed by atoms with Crippen LogP contribution in [0.1, 0.15) is 32.8 Å². The lowest BCUT2D eigenvalue weighted by molar-refractivity contribution is -0.126. The zero-order chi connectivity index (χ0) is 23.8. The monoisotopic (exact) mass is 470 g/mol. The third-order valence-electron chi connectivity index (χ3n) is 6.79. The molecule has 1 aromatic heterocycles. The molecule has 0 N–H and O–H groups in total. The van der Waals surface area contributed by atoms with E-state index in [1.165, 1.54) is 15.9 Å². The predicted octanol–water partition coefficient (Wildman–Crippen LogP) is 4.63. The molecule has 3 heterocycles. The van der Waals surface area contributed by atoms with E-state index in [0.29, 0.717) is 16.3 Å². The molecule has 0 fully saturated rings. The summed E-state index contributed by atoms with van der Waals surface area (Å²) >= 11 is 6.17. The van der Waals surface area contributed by atoms with Gasteiger partial charge in [-0.3, -0.25) is 14.4 Å². The summed E-state index contributed by atoms with van der Waals surface area (Å²) in [6.07, 6.45) is 0. The van der Waals surface area contributed by atoms with Gasteiger partial charge in [-0.1, -0.05) is 59.6 Å². The average Bonchev–Trinajstić information content (AvgIpc) is 3.21. The van der Waals surface area contributed by atoms with Crippen LogP contribution in [0.5, 0.6) is 0 Å². The van der Waals surface area contributed by atoms with E-state index in [9.17, 15) is 14.4 Å². The number of para-hydroxylation sites is 1. The van der Waals surface area contributed by atoms with Gasteiger partial charge in [0.1, 0.15) is 5.58 Å². The second-order valence-corrected chi connectivity index (χ2v) is 9.18. The minimum Gasteiger partial charge on any atom is -0.450 e. The number of nitrogens with zero attached hydrogens (tertiary/aromatic N) is 2. The third kappa shape index (κ3) is 2.54. The molecule has 0 bridgehead atoms. The van der Waals surface area contributed by atoms with Gasteiger partial charge in [-0.05, 0) is 36.8 Å². The fourth-order valence-electron chi connectivity index (χ4n) is 5.16. The lowest BCUT2D eigenvalue weighted by Crippen LogP contribution is -2.52. The molecule has 168 valence electrons. The summed E-state index contributed by atoms with van der Waals surface area (Å²) in [5.74, 6) is -0.977. The lowest BCUT2D eigenvalue weighted by atomic mass is 9.83. The van der Waals surface area contributed by atoms with Gasteiger partial charge in [0, 0.05) is 29.9 Å². The first kappa shape index (κ1) is 20.7. The fourth-order valence-corrected chi connectivity index (χ4v) is 5.34. The van der Waals surface area contributed by atoms with Crippen LogP contribution in [0.2, 0.25) is 5.02 Å². The van der Waals surface area contributed by atoms with Crippen molar-refractivity contribution >= 4 is 40.1 Å². The molecule has 4 aromatic rings. The molecule has 7 heteroatoms. The number of rotatable bonds is 2. The summed E-state index contributed by atoms with van der Waals surface area (Å²) in [7, 11) is 1.65. The molecule has 2 aliphatic rings. The summed E-state index contributed by atoms with van der Waals surface area (Å²) in [5, 5.41) is 0.598. The molecule has 2 amide bonds. The molecular weight excluding hydrogens is 452 g/mol. The largest absolute Gasteiger partial charge is 0.450 e. The van der Waals surface area contributed by atoms with Crippen LogP contribution in [0, 0.1) is 6.92 Å². The van der Waals surface area contributed by atoms with E-state index in [0.717, 1.165) is 11.1 Å². The van der Waals surface area contributed by atoms with Crippen molar-refractivity contribution in [3.63, 3.8) is 0 Å². The topological polar surface area (TPSA) is 70.8 Å². The molecule has 1 atom stereocenters. The van der Waals surface area contributed by atoms with Crippen molar-refractivity contribution in [2.24, 2.45) is 0 Å². The minimum absolute atomic E-state index is 0.0428. The number of carbonyl (C=O) groups excluding carboxylic acids is 2. The Kier molecular flexibility index (Phi) is 4.29. The van der Waals surface area contributed by atoms with Gasteiger partial charge in [-0.15, -0.1) is 0 Å². The van der Waals surface area contributed by atoms with Crippen LogP contribution < -0.4 is 10.3 Å². The third-order valence-corrected chi connectivity index (χ3v) is 7.02. The Hall–Kier alpha value is -3.90. The highest BCUT2D eigenvalue weighted by Crippen LogP contribution is 2.52. The van der Waals surface area contributed by atoms with Crippen molar-refractivity contribution in [1.29, 1.82) is 0 Å². The van der Waals surface area contributed by atoms with Crippen LogP contribution >= 0.6 is 11.6 Å². The molecule has 2 aliphatic heterocycles. The summed E-state index contributed by atoms with van der Waals surface area (Å²) < 4.78 is 6.00. The van der Waals surface area contributed by atoms with Gasteiger partial charge in [0.25, 0.3) is 11.8 Å².